The molecule has 1 amide bonds. The van der Waals surface area contributed by atoms with E-state index in [4.69, 9.17) is 0 Å². The molecule has 2 heterocycles. The van der Waals surface area contributed by atoms with Crippen molar-refractivity contribution in [3.05, 3.63) is 71.8 Å². The van der Waals surface area contributed by atoms with Crippen LogP contribution in [0.25, 0.3) is 0 Å². The SMILES string of the molecule is Cc1cnn(CCC(=O)NCc2cccc(Cn3cccn3)c2)c1. The largest absolute Gasteiger partial charge is 0.352 e. The molecule has 3 rings (SSSR count). The molecule has 0 spiro atoms. The van der Waals surface area contributed by atoms with Crippen molar-refractivity contribution in [1.82, 2.24) is 24.9 Å². The van der Waals surface area contributed by atoms with Crippen molar-refractivity contribution in [3.63, 3.8) is 0 Å². The molecule has 124 valence electrons. The first-order valence-electron chi connectivity index (χ1n) is 8.00. The number of rotatable bonds is 7. The van der Waals surface area contributed by atoms with Gasteiger partial charge in [-0.05, 0) is 29.7 Å². The lowest BCUT2D eigenvalue weighted by Gasteiger charge is -2.08. The molecule has 1 N–H and O–H groups in total. The highest BCUT2D eigenvalue weighted by Crippen LogP contribution is 2.07. The predicted molar refractivity (Wildman–Crippen MR) is 91.2 cm³/mol. The summed E-state index contributed by atoms with van der Waals surface area (Å²) in [6, 6.07) is 10.1. The van der Waals surface area contributed by atoms with E-state index in [2.05, 4.69) is 27.6 Å². The third-order valence-corrected chi connectivity index (χ3v) is 3.72. The van der Waals surface area contributed by atoms with E-state index in [1.165, 1.54) is 0 Å². The Kier molecular flexibility index (Phi) is 5.05. The molecule has 6 heteroatoms. The summed E-state index contributed by atoms with van der Waals surface area (Å²) in [4.78, 5) is 12.0. The van der Waals surface area contributed by atoms with Crippen molar-refractivity contribution < 1.29 is 4.79 Å². The second-order valence-electron chi connectivity index (χ2n) is 5.83. The molecule has 0 aliphatic heterocycles. The van der Waals surface area contributed by atoms with Crippen molar-refractivity contribution in [2.75, 3.05) is 0 Å². The van der Waals surface area contributed by atoms with E-state index >= 15 is 0 Å². The fourth-order valence-electron chi connectivity index (χ4n) is 2.51. The minimum atomic E-state index is 0.0284. The van der Waals surface area contributed by atoms with Gasteiger partial charge in [0.1, 0.15) is 0 Å². The van der Waals surface area contributed by atoms with Gasteiger partial charge in [-0.1, -0.05) is 24.3 Å². The summed E-state index contributed by atoms with van der Waals surface area (Å²) >= 11 is 0. The minimum absolute atomic E-state index is 0.0284. The van der Waals surface area contributed by atoms with Crippen LogP contribution in [0.2, 0.25) is 0 Å². The number of benzene rings is 1. The maximum Gasteiger partial charge on any atom is 0.222 e. The average molecular weight is 323 g/mol. The van der Waals surface area contributed by atoms with Gasteiger partial charge in [-0.25, -0.2) is 0 Å². The van der Waals surface area contributed by atoms with E-state index in [1.807, 2.05) is 42.2 Å². The number of hydrogen-bond donors (Lipinski definition) is 1. The van der Waals surface area contributed by atoms with Crippen LogP contribution in [-0.4, -0.2) is 25.5 Å². The van der Waals surface area contributed by atoms with Gasteiger partial charge in [0.15, 0.2) is 0 Å². The van der Waals surface area contributed by atoms with E-state index < -0.39 is 0 Å². The highest BCUT2D eigenvalue weighted by molar-refractivity contribution is 5.75. The molecule has 0 radical (unpaired) electrons. The first-order chi connectivity index (χ1) is 11.7. The first kappa shape index (κ1) is 16.0. The van der Waals surface area contributed by atoms with E-state index in [-0.39, 0.29) is 5.91 Å². The number of nitrogens with zero attached hydrogens (tertiary/aromatic N) is 4. The van der Waals surface area contributed by atoms with Crippen LogP contribution in [0, 0.1) is 6.92 Å². The second-order valence-corrected chi connectivity index (χ2v) is 5.83. The van der Waals surface area contributed by atoms with Crippen molar-refractivity contribution >= 4 is 5.91 Å². The Morgan fingerprint density at radius 2 is 2.04 bits per heavy atom. The summed E-state index contributed by atoms with van der Waals surface area (Å²) in [5, 5.41) is 11.4. The van der Waals surface area contributed by atoms with Gasteiger partial charge in [0.2, 0.25) is 5.91 Å². The molecule has 0 fully saturated rings. The maximum atomic E-state index is 12.0. The smallest absolute Gasteiger partial charge is 0.222 e. The van der Waals surface area contributed by atoms with Gasteiger partial charge in [0.05, 0.1) is 12.7 Å². The lowest BCUT2D eigenvalue weighted by atomic mass is 10.1. The molecule has 24 heavy (non-hydrogen) atoms. The van der Waals surface area contributed by atoms with E-state index in [1.54, 1.807) is 17.1 Å². The zero-order valence-electron chi connectivity index (χ0n) is 13.7. The Morgan fingerprint density at radius 1 is 1.17 bits per heavy atom. The van der Waals surface area contributed by atoms with Crippen molar-refractivity contribution in [2.24, 2.45) is 0 Å². The third-order valence-electron chi connectivity index (χ3n) is 3.72. The molecule has 0 atom stereocenters. The summed E-state index contributed by atoms with van der Waals surface area (Å²) in [6.07, 6.45) is 7.86. The summed E-state index contributed by atoms with van der Waals surface area (Å²) in [6.45, 7) is 3.84. The normalized spacial score (nSPS) is 10.7. The van der Waals surface area contributed by atoms with Crippen LogP contribution in [0.15, 0.2) is 55.1 Å². The molecule has 0 saturated heterocycles. The molecule has 0 bridgehead atoms. The van der Waals surface area contributed by atoms with Gasteiger partial charge in [-0.2, -0.15) is 10.2 Å². The van der Waals surface area contributed by atoms with Crippen LogP contribution in [0.4, 0.5) is 0 Å². The zero-order valence-corrected chi connectivity index (χ0v) is 13.7. The number of carbonyl (C=O) groups is 1. The molecule has 1 aromatic carbocycles. The van der Waals surface area contributed by atoms with Gasteiger partial charge in [0.25, 0.3) is 0 Å². The standard InChI is InChI=1S/C18H21N5O/c1-15-11-21-23(13-15)9-6-18(24)19-12-16-4-2-5-17(10-16)14-22-8-3-7-20-22/h2-5,7-8,10-11,13H,6,9,12,14H2,1H3,(H,19,24). The molecule has 6 nitrogen and oxygen atoms in total. The maximum absolute atomic E-state index is 12.0. The van der Waals surface area contributed by atoms with Crippen LogP contribution in [-0.2, 0) is 24.4 Å². The average Bonchev–Trinajstić information content (AvgIpc) is 3.23. The van der Waals surface area contributed by atoms with E-state index in [0.29, 0.717) is 19.5 Å². The number of aromatic nitrogens is 4. The van der Waals surface area contributed by atoms with Crippen molar-refractivity contribution in [2.45, 2.75) is 33.0 Å². The summed E-state index contributed by atoms with van der Waals surface area (Å²) < 4.78 is 3.67. The van der Waals surface area contributed by atoms with Crippen molar-refractivity contribution in [3.8, 4) is 0 Å². The monoisotopic (exact) mass is 323 g/mol. The molecule has 2 aromatic heterocycles. The van der Waals surface area contributed by atoms with Crippen molar-refractivity contribution in [1.29, 1.82) is 0 Å². The van der Waals surface area contributed by atoms with Gasteiger partial charge >= 0.3 is 0 Å². The summed E-state index contributed by atoms with van der Waals surface area (Å²) in [5.41, 5.74) is 3.35. The molecule has 0 aliphatic rings. The van der Waals surface area contributed by atoms with E-state index in [0.717, 1.165) is 23.2 Å². The van der Waals surface area contributed by atoms with Crippen LogP contribution in [0.1, 0.15) is 23.1 Å². The molecule has 0 aliphatic carbocycles. The fourth-order valence-corrected chi connectivity index (χ4v) is 2.51. The van der Waals surface area contributed by atoms with Crippen LogP contribution < -0.4 is 5.32 Å². The Morgan fingerprint density at radius 3 is 2.79 bits per heavy atom. The Bertz CT molecular complexity index is 791. The zero-order chi connectivity index (χ0) is 16.8. The summed E-state index contributed by atoms with van der Waals surface area (Å²) in [7, 11) is 0. The fraction of sp³-hybridized carbons (Fsp3) is 0.278. The van der Waals surface area contributed by atoms with Crippen LogP contribution in [0.3, 0.4) is 0 Å². The Balaban J connectivity index is 1.48. The molecular formula is C18H21N5O. The highest BCUT2D eigenvalue weighted by Gasteiger charge is 2.04. The number of hydrogen-bond acceptors (Lipinski definition) is 3. The van der Waals surface area contributed by atoms with Crippen LogP contribution >= 0.6 is 0 Å². The lowest BCUT2D eigenvalue weighted by molar-refractivity contribution is -0.121. The first-order valence-corrected chi connectivity index (χ1v) is 8.00. The van der Waals surface area contributed by atoms with Gasteiger partial charge in [-0.3, -0.25) is 14.2 Å². The third kappa shape index (κ3) is 4.55. The molecular weight excluding hydrogens is 302 g/mol. The molecule has 3 aromatic rings. The summed E-state index contributed by atoms with van der Waals surface area (Å²) in [5.74, 6) is 0.0284. The number of amides is 1. The van der Waals surface area contributed by atoms with Gasteiger partial charge in [0, 0.05) is 38.1 Å². The predicted octanol–water partition coefficient (Wildman–Crippen LogP) is 2.14. The highest BCUT2D eigenvalue weighted by atomic mass is 16.1. The molecule has 0 saturated carbocycles. The Labute approximate surface area is 141 Å². The minimum Gasteiger partial charge on any atom is -0.352 e. The molecule has 0 unspecified atom stereocenters. The van der Waals surface area contributed by atoms with Crippen LogP contribution in [0.5, 0.6) is 0 Å². The lowest BCUT2D eigenvalue weighted by Crippen LogP contribution is -2.24. The Hall–Kier alpha value is -2.89. The van der Waals surface area contributed by atoms with E-state index in [9.17, 15) is 4.79 Å². The second kappa shape index (κ2) is 7.59. The quantitative estimate of drug-likeness (QED) is 0.724. The number of carbonyl (C=O) groups excluding carboxylic acids is 1. The number of nitrogens with one attached hydrogen (secondary N) is 1. The number of aryl methyl sites for hydroxylation is 2. The topological polar surface area (TPSA) is 64.7 Å². The van der Waals surface area contributed by atoms with Gasteiger partial charge < -0.3 is 5.32 Å². The van der Waals surface area contributed by atoms with Gasteiger partial charge in [-0.15, -0.1) is 0 Å².